The van der Waals surface area contributed by atoms with Crippen LogP contribution in [-0.2, 0) is 6.42 Å². The van der Waals surface area contributed by atoms with Gasteiger partial charge in [-0.25, -0.2) is 0 Å². The minimum atomic E-state index is -0.537. The fourth-order valence-corrected chi connectivity index (χ4v) is 3.61. The van der Waals surface area contributed by atoms with Gasteiger partial charge in [0, 0.05) is 16.9 Å². The highest BCUT2D eigenvalue weighted by molar-refractivity contribution is 6.08. The zero-order valence-corrected chi connectivity index (χ0v) is 11.6. The topological polar surface area (TPSA) is 43.1 Å². The SMILES string of the molecule is O=[N+]([O-])C1CCCc2c1ccc1c2ccc2ccccc21. The molecule has 0 saturated carbocycles. The molecule has 0 bridgehead atoms. The summed E-state index contributed by atoms with van der Waals surface area (Å²) < 4.78 is 0. The van der Waals surface area contributed by atoms with Crippen molar-refractivity contribution in [2.75, 3.05) is 0 Å². The number of nitro groups is 1. The zero-order valence-electron chi connectivity index (χ0n) is 11.6. The van der Waals surface area contributed by atoms with Gasteiger partial charge in [0.25, 0.3) is 0 Å². The van der Waals surface area contributed by atoms with Crippen LogP contribution in [0.25, 0.3) is 21.5 Å². The molecule has 21 heavy (non-hydrogen) atoms. The Balaban J connectivity index is 2.06. The van der Waals surface area contributed by atoms with Crippen molar-refractivity contribution in [3.05, 3.63) is 69.8 Å². The Kier molecular flexibility index (Phi) is 2.67. The summed E-state index contributed by atoms with van der Waals surface area (Å²) in [5.41, 5.74) is 2.08. The standard InChI is InChI=1S/C18H15NO2/c20-19(21)18-7-3-6-14-16-9-8-12-4-1-2-5-13(12)15(16)10-11-17(14)18/h1-2,4-5,8-11,18H,3,6-7H2. The molecule has 0 aliphatic heterocycles. The average Bonchev–Trinajstić information content (AvgIpc) is 2.53. The monoisotopic (exact) mass is 277 g/mol. The van der Waals surface area contributed by atoms with E-state index in [-0.39, 0.29) is 4.92 Å². The number of rotatable bonds is 1. The maximum Gasteiger partial charge on any atom is 0.238 e. The Morgan fingerprint density at radius 3 is 2.62 bits per heavy atom. The molecule has 104 valence electrons. The van der Waals surface area contributed by atoms with E-state index in [0.717, 1.165) is 18.4 Å². The summed E-state index contributed by atoms with van der Waals surface area (Å²) in [5.74, 6) is 0. The molecule has 4 rings (SSSR count). The minimum Gasteiger partial charge on any atom is -0.264 e. The molecule has 0 heterocycles. The number of hydrogen-bond acceptors (Lipinski definition) is 2. The highest BCUT2D eigenvalue weighted by atomic mass is 16.6. The third-order valence-corrected chi connectivity index (χ3v) is 4.59. The molecule has 3 nitrogen and oxygen atoms in total. The van der Waals surface area contributed by atoms with Crippen LogP contribution in [0.5, 0.6) is 0 Å². The molecule has 0 saturated heterocycles. The number of hydrogen-bond donors (Lipinski definition) is 0. The zero-order chi connectivity index (χ0) is 14.4. The average molecular weight is 277 g/mol. The molecule has 1 aliphatic rings. The summed E-state index contributed by atoms with van der Waals surface area (Å²) in [6.07, 6.45) is 2.49. The summed E-state index contributed by atoms with van der Waals surface area (Å²) in [5, 5.41) is 16.1. The van der Waals surface area contributed by atoms with Gasteiger partial charge in [-0.3, -0.25) is 10.1 Å². The lowest BCUT2D eigenvalue weighted by atomic mass is 9.84. The Bertz CT molecular complexity index is 870. The molecule has 1 aliphatic carbocycles. The Hall–Kier alpha value is -2.42. The Labute approximate surface area is 122 Å². The highest BCUT2D eigenvalue weighted by Crippen LogP contribution is 2.38. The molecule has 0 N–H and O–H groups in total. The first-order valence-electron chi connectivity index (χ1n) is 7.32. The normalized spacial score (nSPS) is 17.8. The molecule has 0 fully saturated rings. The van der Waals surface area contributed by atoms with Crippen LogP contribution in [0, 0.1) is 10.1 Å². The van der Waals surface area contributed by atoms with Gasteiger partial charge in [0.1, 0.15) is 0 Å². The van der Waals surface area contributed by atoms with E-state index in [4.69, 9.17) is 0 Å². The van der Waals surface area contributed by atoms with Crippen LogP contribution >= 0.6 is 0 Å². The second kappa shape index (κ2) is 4.55. The van der Waals surface area contributed by atoms with Crippen molar-refractivity contribution in [3.8, 4) is 0 Å². The van der Waals surface area contributed by atoms with Crippen molar-refractivity contribution in [2.24, 2.45) is 0 Å². The predicted octanol–water partition coefficient (Wildman–Crippen LogP) is 4.65. The first-order chi connectivity index (χ1) is 10.3. The van der Waals surface area contributed by atoms with Gasteiger partial charge < -0.3 is 0 Å². The van der Waals surface area contributed by atoms with Crippen LogP contribution in [0.2, 0.25) is 0 Å². The van der Waals surface area contributed by atoms with Crippen LogP contribution in [-0.4, -0.2) is 4.92 Å². The lowest BCUT2D eigenvalue weighted by Gasteiger charge is -2.21. The molecular weight excluding hydrogens is 262 g/mol. The number of aryl methyl sites for hydroxylation is 1. The van der Waals surface area contributed by atoms with Crippen LogP contribution in [0.4, 0.5) is 0 Å². The molecule has 0 spiro atoms. The van der Waals surface area contributed by atoms with Crippen LogP contribution in [0.15, 0.2) is 48.5 Å². The van der Waals surface area contributed by atoms with Gasteiger partial charge in [0.05, 0.1) is 0 Å². The molecule has 0 radical (unpaired) electrons. The van der Waals surface area contributed by atoms with E-state index in [2.05, 4.69) is 30.3 Å². The molecule has 0 amide bonds. The number of fused-ring (bicyclic) bond motifs is 5. The lowest BCUT2D eigenvalue weighted by Crippen LogP contribution is -2.17. The Morgan fingerprint density at radius 1 is 0.952 bits per heavy atom. The second-order valence-electron chi connectivity index (χ2n) is 5.71. The summed E-state index contributed by atoms with van der Waals surface area (Å²) >= 11 is 0. The molecular formula is C18H15NO2. The van der Waals surface area contributed by atoms with Crippen molar-refractivity contribution < 1.29 is 4.92 Å². The quantitative estimate of drug-likeness (QED) is 0.369. The van der Waals surface area contributed by atoms with E-state index in [1.807, 2.05) is 18.2 Å². The maximum absolute atomic E-state index is 11.3. The maximum atomic E-state index is 11.3. The van der Waals surface area contributed by atoms with E-state index in [1.54, 1.807) is 0 Å². The number of nitrogens with zero attached hydrogens (tertiary/aromatic N) is 1. The molecule has 3 aromatic carbocycles. The summed E-state index contributed by atoms with van der Waals surface area (Å²) in [6.45, 7) is 0. The third kappa shape index (κ3) is 1.81. The fourth-order valence-electron chi connectivity index (χ4n) is 3.61. The van der Waals surface area contributed by atoms with Gasteiger partial charge >= 0.3 is 0 Å². The van der Waals surface area contributed by atoms with Gasteiger partial charge in [-0.2, -0.15) is 0 Å². The van der Waals surface area contributed by atoms with Crippen molar-refractivity contribution in [1.29, 1.82) is 0 Å². The summed E-state index contributed by atoms with van der Waals surface area (Å²) in [6, 6.07) is 16.0. The first-order valence-corrected chi connectivity index (χ1v) is 7.32. The van der Waals surface area contributed by atoms with Crippen molar-refractivity contribution in [1.82, 2.24) is 0 Å². The molecule has 1 unspecified atom stereocenters. The lowest BCUT2D eigenvalue weighted by molar-refractivity contribution is -0.531. The molecule has 0 aromatic heterocycles. The van der Waals surface area contributed by atoms with E-state index >= 15 is 0 Å². The van der Waals surface area contributed by atoms with Crippen LogP contribution in [0.3, 0.4) is 0 Å². The first kappa shape index (κ1) is 12.3. The minimum absolute atomic E-state index is 0.134. The summed E-state index contributed by atoms with van der Waals surface area (Å²) in [7, 11) is 0. The molecule has 3 aromatic rings. The molecule has 3 heteroatoms. The summed E-state index contributed by atoms with van der Waals surface area (Å²) in [4.78, 5) is 11.1. The smallest absolute Gasteiger partial charge is 0.238 e. The van der Waals surface area contributed by atoms with E-state index < -0.39 is 6.04 Å². The van der Waals surface area contributed by atoms with Gasteiger partial charge in [-0.15, -0.1) is 0 Å². The van der Waals surface area contributed by atoms with Crippen LogP contribution in [0.1, 0.15) is 30.0 Å². The fraction of sp³-hybridized carbons (Fsp3) is 0.222. The number of benzene rings is 3. The second-order valence-corrected chi connectivity index (χ2v) is 5.71. The van der Waals surface area contributed by atoms with Gasteiger partial charge in [-0.05, 0) is 39.9 Å². The van der Waals surface area contributed by atoms with Gasteiger partial charge in [-0.1, -0.05) is 48.5 Å². The predicted molar refractivity (Wildman–Crippen MR) is 84.1 cm³/mol. The largest absolute Gasteiger partial charge is 0.264 e. The van der Waals surface area contributed by atoms with Crippen molar-refractivity contribution in [2.45, 2.75) is 25.3 Å². The van der Waals surface area contributed by atoms with Crippen molar-refractivity contribution >= 4 is 21.5 Å². The van der Waals surface area contributed by atoms with Crippen molar-refractivity contribution in [3.63, 3.8) is 0 Å². The van der Waals surface area contributed by atoms with E-state index in [0.29, 0.717) is 6.42 Å². The third-order valence-electron chi connectivity index (χ3n) is 4.59. The van der Waals surface area contributed by atoms with Gasteiger partial charge in [0.15, 0.2) is 0 Å². The van der Waals surface area contributed by atoms with Gasteiger partial charge in [0.2, 0.25) is 6.04 Å². The van der Waals surface area contributed by atoms with E-state index in [1.165, 1.54) is 27.1 Å². The molecule has 1 atom stereocenters. The van der Waals surface area contributed by atoms with E-state index in [9.17, 15) is 10.1 Å². The highest BCUT2D eigenvalue weighted by Gasteiger charge is 2.30. The Morgan fingerprint density at radius 2 is 1.76 bits per heavy atom. The van der Waals surface area contributed by atoms with Crippen LogP contribution < -0.4 is 0 Å².